The highest BCUT2D eigenvalue weighted by atomic mass is 16.6. The third-order valence-electron chi connectivity index (χ3n) is 5.84. The number of unbranched alkanes of at least 4 members (excludes halogenated alkanes) is 1. The van der Waals surface area contributed by atoms with Crippen LogP contribution in [0.25, 0.3) is 0 Å². The lowest BCUT2D eigenvalue weighted by atomic mass is 9.83. The highest BCUT2D eigenvalue weighted by molar-refractivity contribution is 5.89. The van der Waals surface area contributed by atoms with Crippen LogP contribution in [-0.4, -0.2) is 31.3 Å². The average Bonchev–Trinajstić information content (AvgIpc) is 2.75. The van der Waals surface area contributed by atoms with E-state index in [1.165, 1.54) is 5.56 Å². The summed E-state index contributed by atoms with van der Waals surface area (Å²) >= 11 is 0. The number of quaternary nitrogens is 1. The highest BCUT2D eigenvalue weighted by Gasteiger charge is 2.35. The third-order valence-corrected chi connectivity index (χ3v) is 5.84. The van der Waals surface area contributed by atoms with E-state index in [9.17, 15) is 4.79 Å². The number of ether oxygens (including phenoxy) is 2. The molecule has 1 heterocycles. The normalized spacial score (nSPS) is 15.1. The zero-order valence-corrected chi connectivity index (χ0v) is 17.7. The zero-order valence-electron chi connectivity index (χ0n) is 17.7. The van der Waals surface area contributed by atoms with Crippen LogP contribution >= 0.6 is 0 Å². The maximum absolute atomic E-state index is 12.6. The molecule has 2 N–H and O–H groups in total. The molecule has 1 aliphatic heterocycles. The van der Waals surface area contributed by atoms with E-state index in [0.29, 0.717) is 18.1 Å². The van der Waals surface area contributed by atoms with E-state index in [0.717, 1.165) is 50.9 Å². The van der Waals surface area contributed by atoms with Crippen molar-refractivity contribution in [1.82, 2.24) is 0 Å². The van der Waals surface area contributed by atoms with E-state index in [1.807, 2.05) is 32.0 Å². The van der Waals surface area contributed by atoms with Crippen LogP contribution in [0.1, 0.15) is 55.5 Å². The van der Waals surface area contributed by atoms with Crippen molar-refractivity contribution in [3.05, 3.63) is 65.7 Å². The number of hydrogen-bond acceptors (Lipinski definition) is 3. The van der Waals surface area contributed by atoms with Crippen molar-refractivity contribution in [1.29, 1.82) is 0 Å². The molecule has 0 aliphatic carbocycles. The number of piperidine rings is 1. The van der Waals surface area contributed by atoms with Crippen molar-refractivity contribution in [3.8, 4) is 5.75 Å². The molecule has 0 aromatic heterocycles. The smallest absolute Gasteiger partial charge is 0.338 e. The molecule has 0 atom stereocenters. The van der Waals surface area contributed by atoms with Gasteiger partial charge in [-0.3, -0.25) is 0 Å². The highest BCUT2D eigenvalue weighted by Crippen LogP contribution is 2.29. The lowest BCUT2D eigenvalue weighted by Crippen LogP contribution is -2.86. The first-order valence-corrected chi connectivity index (χ1v) is 10.9. The van der Waals surface area contributed by atoms with Crippen LogP contribution in [0.2, 0.25) is 0 Å². The Morgan fingerprint density at radius 3 is 2.38 bits per heavy atom. The molecule has 4 heteroatoms. The molecule has 3 rings (SSSR count). The minimum atomic E-state index is -0.431. The van der Waals surface area contributed by atoms with Gasteiger partial charge < -0.3 is 14.8 Å². The van der Waals surface area contributed by atoms with Gasteiger partial charge in [0.1, 0.15) is 11.4 Å². The van der Waals surface area contributed by atoms with E-state index in [1.54, 1.807) is 12.1 Å². The lowest BCUT2D eigenvalue weighted by Gasteiger charge is -2.35. The Balaban J connectivity index is 1.41. The summed E-state index contributed by atoms with van der Waals surface area (Å²) in [6.07, 6.45) is 5.37. The second-order valence-electron chi connectivity index (χ2n) is 8.45. The summed E-state index contributed by atoms with van der Waals surface area (Å²) in [7, 11) is 0. The van der Waals surface area contributed by atoms with Crippen LogP contribution in [0.5, 0.6) is 5.75 Å². The maximum atomic E-state index is 12.6. The number of benzene rings is 2. The number of carbonyl (C=O) groups is 1. The molecular formula is C25H34NO3+. The second kappa shape index (κ2) is 10.4. The predicted molar refractivity (Wildman–Crippen MR) is 115 cm³/mol. The topological polar surface area (TPSA) is 52.1 Å². The molecule has 29 heavy (non-hydrogen) atoms. The number of hydrogen-bond donors (Lipinski definition) is 1. The fourth-order valence-corrected chi connectivity index (χ4v) is 3.96. The largest absolute Gasteiger partial charge is 0.494 e. The number of nitrogens with two attached hydrogens (primary N) is 1. The molecule has 2 aromatic rings. The van der Waals surface area contributed by atoms with E-state index in [4.69, 9.17) is 9.47 Å². The van der Waals surface area contributed by atoms with Gasteiger partial charge in [0.25, 0.3) is 0 Å². The summed E-state index contributed by atoms with van der Waals surface area (Å²) in [4.78, 5) is 12.6. The van der Waals surface area contributed by atoms with Crippen LogP contribution in [0.4, 0.5) is 0 Å². The lowest BCUT2D eigenvalue weighted by molar-refractivity contribution is -0.665. The molecule has 0 amide bonds. The number of aryl methyl sites for hydroxylation is 1. The van der Waals surface area contributed by atoms with Crippen molar-refractivity contribution in [2.75, 3.05) is 19.7 Å². The minimum Gasteiger partial charge on any atom is -0.494 e. The second-order valence-corrected chi connectivity index (χ2v) is 8.45. The van der Waals surface area contributed by atoms with Gasteiger partial charge in [0.2, 0.25) is 0 Å². The van der Waals surface area contributed by atoms with E-state index < -0.39 is 5.60 Å². The predicted octanol–water partition coefficient (Wildman–Crippen LogP) is 4.00. The SMILES string of the molecule is CC(C)(OC(=O)c1ccc(OCCCCc2ccccc2)cc1)C1CC[NH2+]CC1. The standard InChI is InChI=1S/C25H33NO3/c1-25(2,22-15-17-26-18-16-22)29-24(27)21-11-13-23(14-12-21)28-19-7-6-10-20-8-4-3-5-9-20/h3-5,8-9,11-14,22,26H,6-7,10,15-19H2,1-2H3/p+1. The monoisotopic (exact) mass is 396 g/mol. The first-order chi connectivity index (χ1) is 14.0. The Kier molecular flexibility index (Phi) is 7.70. The zero-order chi connectivity index (χ0) is 20.5. The van der Waals surface area contributed by atoms with Gasteiger partial charge in [-0.1, -0.05) is 30.3 Å². The summed E-state index contributed by atoms with van der Waals surface area (Å²) < 4.78 is 11.7. The summed E-state index contributed by atoms with van der Waals surface area (Å²) in [5, 5.41) is 2.33. The summed E-state index contributed by atoms with van der Waals surface area (Å²) in [5.74, 6) is 0.970. The molecule has 1 aliphatic rings. The first kappa shape index (κ1) is 21.4. The molecule has 2 aromatic carbocycles. The molecule has 1 saturated heterocycles. The summed E-state index contributed by atoms with van der Waals surface area (Å²) in [6, 6.07) is 17.8. The van der Waals surface area contributed by atoms with Gasteiger partial charge >= 0.3 is 5.97 Å². The van der Waals surface area contributed by atoms with E-state index >= 15 is 0 Å². The van der Waals surface area contributed by atoms with Gasteiger partial charge in [-0.15, -0.1) is 0 Å². The average molecular weight is 397 g/mol. The molecule has 0 unspecified atom stereocenters. The third kappa shape index (κ3) is 6.60. The van der Waals surface area contributed by atoms with Crippen molar-refractivity contribution < 1.29 is 19.6 Å². The van der Waals surface area contributed by atoms with Crippen LogP contribution in [0, 0.1) is 5.92 Å². The Hall–Kier alpha value is -2.33. The fraction of sp³-hybridized carbons (Fsp3) is 0.480. The summed E-state index contributed by atoms with van der Waals surface area (Å²) in [5.41, 5.74) is 1.51. The first-order valence-electron chi connectivity index (χ1n) is 10.9. The van der Waals surface area contributed by atoms with Gasteiger partial charge in [-0.05, 0) is 62.9 Å². The van der Waals surface area contributed by atoms with Crippen LogP contribution in [0.3, 0.4) is 0 Å². The van der Waals surface area contributed by atoms with Crippen molar-refractivity contribution >= 4 is 5.97 Å². The van der Waals surface area contributed by atoms with Crippen molar-refractivity contribution in [3.63, 3.8) is 0 Å². The van der Waals surface area contributed by atoms with Gasteiger partial charge in [0, 0.05) is 18.8 Å². The molecule has 0 saturated carbocycles. The summed E-state index contributed by atoms with van der Waals surface area (Å²) in [6.45, 7) is 6.98. The fourth-order valence-electron chi connectivity index (χ4n) is 3.96. The molecule has 0 bridgehead atoms. The molecular weight excluding hydrogens is 362 g/mol. The van der Waals surface area contributed by atoms with Gasteiger partial charge in [0.15, 0.2) is 0 Å². The van der Waals surface area contributed by atoms with Gasteiger partial charge in [-0.25, -0.2) is 4.79 Å². The molecule has 4 nitrogen and oxygen atoms in total. The van der Waals surface area contributed by atoms with E-state index in [-0.39, 0.29) is 5.97 Å². The Morgan fingerprint density at radius 1 is 1.00 bits per heavy atom. The van der Waals surface area contributed by atoms with Gasteiger partial charge in [-0.2, -0.15) is 0 Å². The van der Waals surface area contributed by atoms with Gasteiger partial charge in [0.05, 0.1) is 25.3 Å². The molecule has 0 spiro atoms. The van der Waals surface area contributed by atoms with Crippen LogP contribution in [0.15, 0.2) is 54.6 Å². The Labute approximate surface area is 174 Å². The van der Waals surface area contributed by atoms with Crippen molar-refractivity contribution in [2.45, 2.75) is 51.6 Å². The number of rotatable bonds is 9. The minimum absolute atomic E-state index is 0.251. The van der Waals surface area contributed by atoms with Crippen LogP contribution in [-0.2, 0) is 11.2 Å². The van der Waals surface area contributed by atoms with E-state index in [2.05, 4.69) is 29.6 Å². The van der Waals surface area contributed by atoms with Crippen molar-refractivity contribution in [2.24, 2.45) is 5.92 Å². The molecule has 1 fully saturated rings. The Bertz CT molecular complexity index is 749. The molecule has 156 valence electrons. The Morgan fingerprint density at radius 2 is 1.69 bits per heavy atom. The number of esters is 1. The molecule has 0 radical (unpaired) electrons. The quantitative estimate of drug-likeness (QED) is 0.515. The maximum Gasteiger partial charge on any atom is 0.338 e. The van der Waals surface area contributed by atoms with Crippen LogP contribution < -0.4 is 10.1 Å². The number of carbonyl (C=O) groups excluding carboxylic acids is 1.